The zero-order valence-electron chi connectivity index (χ0n) is 11.5. The van der Waals surface area contributed by atoms with Crippen molar-refractivity contribution in [1.29, 1.82) is 0 Å². The molecule has 1 rings (SSSR count). The van der Waals surface area contributed by atoms with Gasteiger partial charge in [-0.1, -0.05) is 24.3 Å². The maximum atomic E-state index is 5.73. The lowest BCUT2D eigenvalue weighted by Crippen LogP contribution is -2.32. The molecular weight excluding hydrogens is 353 g/mol. The topological polar surface area (TPSA) is 59.6 Å². The van der Waals surface area contributed by atoms with Crippen LogP contribution in [0.5, 0.6) is 5.75 Å². The molecule has 5 heteroatoms. The van der Waals surface area contributed by atoms with Gasteiger partial charge in [-0.25, -0.2) is 4.99 Å². The predicted molar refractivity (Wildman–Crippen MR) is 91.2 cm³/mol. The summed E-state index contributed by atoms with van der Waals surface area (Å²) in [6.45, 7) is 9.53. The lowest BCUT2D eigenvalue weighted by atomic mass is 10.2. The van der Waals surface area contributed by atoms with E-state index in [1.807, 2.05) is 38.1 Å². The number of rotatable bonds is 6. The molecule has 0 bridgehead atoms. The fraction of sp³-hybridized carbons (Fsp3) is 0.357. The second kappa shape index (κ2) is 9.66. The van der Waals surface area contributed by atoms with Gasteiger partial charge in [0, 0.05) is 6.54 Å². The molecule has 0 aromatic heterocycles. The molecule has 0 saturated heterocycles. The number of hydrogen-bond donors (Lipinski definition) is 2. The molecule has 0 saturated carbocycles. The van der Waals surface area contributed by atoms with Crippen molar-refractivity contribution in [3.05, 3.63) is 42.0 Å². The van der Waals surface area contributed by atoms with E-state index in [4.69, 9.17) is 10.5 Å². The number of ether oxygens (including phenoxy) is 1. The van der Waals surface area contributed by atoms with Crippen molar-refractivity contribution in [3.63, 3.8) is 0 Å². The molecule has 106 valence electrons. The Kier molecular flexibility index (Phi) is 9.03. The summed E-state index contributed by atoms with van der Waals surface area (Å²) < 4.78 is 5.43. The molecule has 0 amide bonds. The number of aliphatic imine (C=N–C) groups is 1. The average molecular weight is 375 g/mol. The normalized spacial score (nSPS) is 10.5. The Morgan fingerprint density at radius 1 is 1.47 bits per heavy atom. The monoisotopic (exact) mass is 375 g/mol. The van der Waals surface area contributed by atoms with Crippen LogP contribution in [0, 0.1) is 0 Å². The van der Waals surface area contributed by atoms with Crippen LogP contribution < -0.4 is 15.8 Å². The maximum Gasteiger partial charge on any atom is 0.189 e. The number of halogens is 1. The van der Waals surface area contributed by atoms with Crippen molar-refractivity contribution in [1.82, 2.24) is 5.32 Å². The molecule has 1 aromatic carbocycles. The Morgan fingerprint density at radius 3 is 2.84 bits per heavy atom. The first-order valence-corrected chi connectivity index (χ1v) is 6.01. The van der Waals surface area contributed by atoms with Crippen LogP contribution in [0.1, 0.15) is 19.4 Å². The Morgan fingerprint density at radius 2 is 2.21 bits per heavy atom. The highest BCUT2D eigenvalue weighted by atomic mass is 127. The van der Waals surface area contributed by atoms with Gasteiger partial charge in [0.15, 0.2) is 5.96 Å². The second-order valence-corrected chi connectivity index (χ2v) is 4.09. The minimum absolute atomic E-state index is 0. The van der Waals surface area contributed by atoms with Gasteiger partial charge in [-0.2, -0.15) is 0 Å². The highest BCUT2D eigenvalue weighted by Crippen LogP contribution is 2.13. The van der Waals surface area contributed by atoms with Crippen molar-refractivity contribution < 1.29 is 4.74 Å². The molecule has 4 nitrogen and oxygen atoms in total. The van der Waals surface area contributed by atoms with Crippen molar-refractivity contribution in [2.24, 2.45) is 10.7 Å². The van der Waals surface area contributed by atoms with E-state index in [-0.39, 0.29) is 24.0 Å². The fourth-order valence-electron chi connectivity index (χ4n) is 1.37. The molecule has 1 aromatic rings. The minimum atomic E-state index is 0. The molecule has 0 heterocycles. The van der Waals surface area contributed by atoms with E-state index in [2.05, 4.69) is 16.9 Å². The summed E-state index contributed by atoms with van der Waals surface area (Å²) >= 11 is 0. The lowest BCUT2D eigenvalue weighted by Gasteiger charge is -2.06. The Bertz CT molecular complexity index is 432. The molecule has 0 aliphatic heterocycles. The van der Waals surface area contributed by atoms with Crippen LogP contribution in [0.3, 0.4) is 0 Å². The number of guanidine groups is 1. The lowest BCUT2D eigenvalue weighted by molar-refractivity contribution is 0.340. The van der Waals surface area contributed by atoms with Gasteiger partial charge in [0.1, 0.15) is 5.75 Å². The molecule has 0 unspecified atom stereocenters. The summed E-state index contributed by atoms with van der Waals surface area (Å²) in [5.41, 5.74) is 7.82. The summed E-state index contributed by atoms with van der Waals surface area (Å²) in [5.74, 6) is 1.29. The van der Waals surface area contributed by atoms with E-state index < -0.39 is 0 Å². The first-order chi connectivity index (χ1) is 8.61. The zero-order chi connectivity index (χ0) is 13.4. The van der Waals surface area contributed by atoms with E-state index in [1.54, 1.807) is 0 Å². The maximum absolute atomic E-state index is 5.73. The molecule has 0 radical (unpaired) electrons. The molecule has 3 N–H and O–H groups in total. The number of hydrogen-bond acceptors (Lipinski definition) is 2. The standard InChI is InChI=1S/C14H21N3O.HI/c1-4-18-13-7-5-6-12(8-13)10-17-14(15)16-9-11(2)3;/h5-8H,2,4,9-10H2,1,3H3,(H3,15,16,17);1H. The van der Waals surface area contributed by atoms with Gasteiger partial charge < -0.3 is 15.8 Å². The smallest absolute Gasteiger partial charge is 0.189 e. The van der Waals surface area contributed by atoms with Gasteiger partial charge in [0.25, 0.3) is 0 Å². The number of nitrogens with two attached hydrogens (primary N) is 1. The van der Waals surface area contributed by atoms with Crippen LogP contribution in [-0.4, -0.2) is 19.1 Å². The molecule has 0 aliphatic rings. The molecule has 0 spiro atoms. The first-order valence-electron chi connectivity index (χ1n) is 6.01. The Hall–Kier alpha value is -1.24. The molecular formula is C14H22IN3O. The van der Waals surface area contributed by atoms with Crippen molar-refractivity contribution in [2.45, 2.75) is 20.4 Å². The molecule has 0 aliphatic carbocycles. The first kappa shape index (κ1) is 17.8. The summed E-state index contributed by atoms with van der Waals surface area (Å²) in [5, 5.41) is 2.99. The van der Waals surface area contributed by atoms with E-state index >= 15 is 0 Å². The highest BCUT2D eigenvalue weighted by molar-refractivity contribution is 14.0. The summed E-state index contributed by atoms with van der Waals surface area (Å²) in [7, 11) is 0. The minimum Gasteiger partial charge on any atom is -0.494 e. The third-order valence-electron chi connectivity index (χ3n) is 2.21. The Labute approximate surface area is 132 Å². The fourth-order valence-corrected chi connectivity index (χ4v) is 1.37. The number of nitrogens with one attached hydrogen (secondary N) is 1. The summed E-state index contributed by atoms with van der Waals surface area (Å²) in [4.78, 5) is 4.25. The average Bonchev–Trinajstić information content (AvgIpc) is 2.35. The van der Waals surface area contributed by atoms with Crippen molar-refractivity contribution in [2.75, 3.05) is 13.2 Å². The van der Waals surface area contributed by atoms with Crippen LogP contribution >= 0.6 is 24.0 Å². The largest absolute Gasteiger partial charge is 0.494 e. The third kappa shape index (κ3) is 7.71. The van der Waals surface area contributed by atoms with Crippen LogP contribution in [-0.2, 0) is 6.54 Å². The van der Waals surface area contributed by atoms with Crippen LogP contribution in [0.4, 0.5) is 0 Å². The van der Waals surface area contributed by atoms with E-state index in [0.29, 0.717) is 25.7 Å². The van der Waals surface area contributed by atoms with E-state index in [1.165, 1.54) is 0 Å². The predicted octanol–water partition coefficient (Wildman–Crippen LogP) is 2.68. The highest BCUT2D eigenvalue weighted by Gasteiger charge is 1.96. The number of nitrogens with zero attached hydrogens (tertiary/aromatic N) is 1. The summed E-state index contributed by atoms with van der Waals surface area (Å²) in [6.07, 6.45) is 0. The van der Waals surface area contributed by atoms with Gasteiger partial charge in [-0.05, 0) is 31.5 Å². The Balaban J connectivity index is 0.00000324. The van der Waals surface area contributed by atoms with Crippen molar-refractivity contribution in [3.8, 4) is 5.75 Å². The van der Waals surface area contributed by atoms with Gasteiger partial charge in [0.2, 0.25) is 0 Å². The van der Waals surface area contributed by atoms with Crippen LogP contribution in [0.25, 0.3) is 0 Å². The molecule has 0 fully saturated rings. The second-order valence-electron chi connectivity index (χ2n) is 4.09. The molecule has 0 atom stereocenters. The van der Waals surface area contributed by atoms with Crippen LogP contribution in [0.15, 0.2) is 41.4 Å². The van der Waals surface area contributed by atoms with Gasteiger partial charge >= 0.3 is 0 Å². The summed E-state index contributed by atoms with van der Waals surface area (Å²) in [6, 6.07) is 7.85. The van der Waals surface area contributed by atoms with Gasteiger partial charge in [0.05, 0.1) is 13.2 Å². The van der Waals surface area contributed by atoms with E-state index in [9.17, 15) is 0 Å². The van der Waals surface area contributed by atoms with Crippen LogP contribution in [0.2, 0.25) is 0 Å². The molecule has 19 heavy (non-hydrogen) atoms. The SMILES string of the molecule is C=C(C)CNC(N)=NCc1cccc(OCC)c1.I. The van der Waals surface area contributed by atoms with Gasteiger partial charge in [-0.15, -0.1) is 24.0 Å². The zero-order valence-corrected chi connectivity index (χ0v) is 13.8. The van der Waals surface area contributed by atoms with E-state index in [0.717, 1.165) is 16.9 Å². The quantitative estimate of drug-likeness (QED) is 0.348. The third-order valence-corrected chi connectivity index (χ3v) is 2.21. The van der Waals surface area contributed by atoms with Crippen molar-refractivity contribution >= 4 is 29.9 Å². The van der Waals surface area contributed by atoms with Gasteiger partial charge in [-0.3, -0.25) is 0 Å². The number of benzene rings is 1.